The van der Waals surface area contributed by atoms with Gasteiger partial charge in [-0.15, -0.1) is 10.2 Å². The first-order valence-corrected chi connectivity index (χ1v) is 5.67. The van der Waals surface area contributed by atoms with Gasteiger partial charge in [0, 0.05) is 32.8 Å². The first-order valence-electron chi connectivity index (χ1n) is 4.43. The van der Waals surface area contributed by atoms with Crippen LogP contribution in [-0.2, 0) is 0 Å². The lowest BCUT2D eigenvalue weighted by molar-refractivity contribution is -2.00. The Morgan fingerprint density at radius 1 is 1.06 bits per heavy atom. The number of hydrogen-bond donors (Lipinski definition) is 0. The minimum atomic E-state index is -4.94. The zero-order chi connectivity index (χ0) is 13.5. The number of nitrogens with zero attached hydrogens (tertiary/aromatic N) is 2. The van der Waals surface area contributed by atoms with Gasteiger partial charge in [0.1, 0.15) is 14.1 Å². The summed E-state index contributed by atoms with van der Waals surface area (Å²) in [4.78, 5) is 2.10. The van der Waals surface area contributed by atoms with Crippen molar-refractivity contribution in [2.24, 2.45) is 0 Å². The maximum Gasteiger partial charge on any atom is 0.174 e. The predicted octanol–water partition coefficient (Wildman–Crippen LogP) is -3.57. The summed E-state index contributed by atoms with van der Waals surface area (Å²) >= 11 is 0. The summed E-state index contributed by atoms with van der Waals surface area (Å²) in [6, 6.07) is 0. The molecule has 0 rings (SSSR count). The quantitative estimate of drug-likeness (QED) is 0.375. The SMILES string of the molecule is CC(/C=C(\C)N(C)C)=[N+](C)C.[O-][Cl+3]([O-])([O-])[O-]. The van der Waals surface area contributed by atoms with Gasteiger partial charge in [0.2, 0.25) is 0 Å². The fourth-order valence-electron chi connectivity index (χ4n) is 0.561. The number of halogens is 1. The molecule has 0 bridgehead atoms. The van der Waals surface area contributed by atoms with Gasteiger partial charge in [-0.05, 0) is 6.92 Å². The van der Waals surface area contributed by atoms with Crippen LogP contribution in [0.3, 0.4) is 0 Å². The van der Waals surface area contributed by atoms with Gasteiger partial charge in [0.05, 0.1) is 0 Å². The molecule has 0 aliphatic carbocycles. The Morgan fingerprint density at radius 3 is 1.56 bits per heavy atom. The maximum absolute atomic E-state index is 8.49. The number of rotatable bonds is 2. The summed E-state index contributed by atoms with van der Waals surface area (Å²) in [5.74, 6) is 0. The van der Waals surface area contributed by atoms with Crippen molar-refractivity contribution in [3.05, 3.63) is 11.8 Å². The molecule has 0 fully saturated rings. The second-order valence-electron chi connectivity index (χ2n) is 3.59. The Bertz CT molecular complexity index is 259. The lowest BCUT2D eigenvalue weighted by atomic mass is 10.3. The third-order valence-corrected chi connectivity index (χ3v) is 1.83. The van der Waals surface area contributed by atoms with Crippen molar-refractivity contribution >= 4 is 5.71 Å². The van der Waals surface area contributed by atoms with Crippen molar-refractivity contribution in [1.82, 2.24) is 4.90 Å². The molecule has 96 valence electrons. The van der Waals surface area contributed by atoms with Crippen molar-refractivity contribution in [3.63, 3.8) is 0 Å². The van der Waals surface area contributed by atoms with E-state index in [9.17, 15) is 0 Å². The van der Waals surface area contributed by atoms with Crippen LogP contribution in [0.1, 0.15) is 13.8 Å². The van der Waals surface area contributed by atoms with Gasteiger partial charge in [-0.1, -0.05) is 0 Å². The molecule has 0 spiro atoms. The molecule has 7 heteroatoms. The Morgan fingerprint density at radius 2 is 1.38 bits per heavy atom. The zero-order valence-electron chi connectivity index (χ0n) is 10.5. The van der Waals surface area contributed by atoms with Crippen LogP contribution in [0.5, 0.6) is 0 Å². The van der Waals surface area contributed by atoms with E-state index in [0.717, 1.165) is 0 Å². The molecule has 0 heterocycles. The zero-order valence-corrected chi connectivity index (χ0v) is 11.2. The molecule has 16 heavy (non-hydrogen) atoms. The summed E-state index contributed by atoms with van der Waals surface area (Å²) in [7, 11) is 3.26. The largest absolute Gasteiger partial charge is 0.381 e. The highest BCUT2D eigenvalue weighted by molar-refractivity contribution is 5.88. The average Bonchev–Trinajstić information content (AvgIpc) is 2.00. The van der Waals surface area contributed by atoms with Gasteiger partial charge >= 0.3 is 0 Å². The normalized spacial score (nSPS) is 11.5. The van der Waals surface area contributed by atoms with Gasteiger partial charge < -0.3 is 4.90 Å². The monoisotopic (exact) mass is 254 g/mol. The Hall–Kier alpha value is -0.660. The molecule has 0 saturated carbocycles. The fraction of sp³-hybridized carbons (Fsp3) is 0.667. The fourth-order valence-corrected chi connectivity index (χ4v) is 0.561. The number of allylic oxidation sites excluding steroid dienone is 2. The molecule has 0 aliphatic rings. The summed E-state index contributed by atoms with van der Waals surface area (Å²) in [5, 5.41) is 0. The molecule has 0 amide bonds. The molecular formula is C9H19ClN2O4. The van der Waals surface area contributed by atoms with Crippen LogP contribution in [0.2, 0.25) is 0 Å². The molecule has 0 atom stereocenters. The van der Waals surface area contributed by atoms with Gasteiger partial charge in [0.15, 0.2) is 5.71 Å². The molecule has 0 N–H and O–H groups in total. The maximum atomic E-state index is 8.49. The average molecular weight is 255 g/mol. The summed E-state index contributed by atoms with van der Waals surface area (Å²) in [6.45, 7) is 4.21. The van der Waals surface area contributed by atoms with Crippen LogP contribution in [0.25, 0.3) is 0 Å². The van der Waals surface area contributed by atoms with Crippen LogP contribution in [-0.4, -0.2) is 43.4 Å². The van der Waals surface area contributed by atoms with Gasteiger partial charge in [0.25, 0.3) is 0 Å². The minimum absolute atomic E-state index is 1.27. The first kappa shape index (κ1) is 17.7. The van der Waals surface area contributed by atoms with E-state index >= 15 is 0 Å². The highest BCUT2D eigenvalue weighted by atomic mass is 35.7. The van der Waals surface area contributed by atoms with E-state index in [4.69, 9.17) is 18.6 Å². The van der Waals surface area contributed by atoms with Crippen molar-refractivity contribution in [2.45, 2.75) is 13.8 Å². The number of hydrogen-bond acceptors (Lipinski definition) is 5. The molecule has 0 unspecified atom stereocenters. The molecule has 6 nitrogen and oxygen atoms in total. The van der Waals surface area contributed by atoms with Crippen molar-refractivity contribution in [3.8, 4) is 0 Å². The van der Waals surface area contributed by atoms with Crippen LogP contribution >= 0.6 is 0 Å². The molecule has 0 aliphatic heterocycles. The lowest BCUT2D eigenvalue weighted by Gasteiger charge is -2.17. The van der Waals surface area contributed by atoms with Crippen molar-refractivity contribution in [2.75, 3.05) is 28.2 Å². The summed E-state index contributed by atoms with van der Waals surface area (Å²) < 4.78 is 36.1. The predicted molar refractivity (Wildman–Crippen MR) is 50.2 cm³/mol. The van der Waals surface area contributed by atoms with E-state index in [0.29, 0.717) is 0 Å². The Kier molecular flexibility index (Phi) is 8.41. The third-order valence-electron chi connectivity index (χ3n) is 1.83. The lowest BCUT2D eigenvalue weighted by Crippen LogP contribution is -2.68. The van der Waals surface area contributed by atoms with E-state index < -0.39 is 10.2 Å². The Labute approximate surface area is 98.5 Å². The van der Waals surface area contributed by atoms with E-state index in [2.05, 4.69) is 57.6 Å². The third kappa shape index (κ3) is 15.8. The van der Waals surface area contributed by atoms with E-state index in [-0.39, 0.29) is 0 Å². The minimum Gasteiger partial charge on any atom is -0.381 e. The van der Waals surface area contributed by atoms with Gasteiger partial charge in [-0.25, -0.2) is 23.2 Å². The molecule has 0 aromatic carbocycles. The van der Waals surface area contributed by atoms with Crippen LogP contribution < -0.4 is 18.6 Å². The molecule has 0 aromatic heterocycles. The smallest absolute Gasteiger partial charge is 0.174 e. The van der Waals surface area contributed by atoms with Crippen LogP contribution in [0.15, 0.2) is 11.8 Å². The topological polar surface area (TPSA) is 98.5 Å². The van der Waals surface area contributed by atoms with Crippen LogP contribution in [0, 0.1) is 10.2 Å². The van der Waals surface area contributed by atoms with Crippen molar-refractivity contribution < 1.29 is 33.5 Å². The molecular weight excluding hydrogens is 236 g/mol. The van der Waals surface area contributed by atoms with Crippen LogP contribution in [0.4, 0.5) is 0 Å². The molecule has 0 radical (unpaired) electrons. The first-order chi connectivity index (χ1) is 6.95. The molecule has 0 aromatic rings. The Balaban J connectivity index is 0. The van der Waals surface area contributed by atoms with Crippen molar-refractivity contribution in [1.29, 1.82) is 0 Å². The highest BCUT2D eigenvalue weighted by Crippen LogP contribution is 1.95. The molecule has 0 saturated heterocycles. The standard InChI is InChI=1S/C9H19N2.ClHO4/c1-8(10(3)4)7-9(2)11(5)6;2-1(3,4)5/h7H,1-6H3;(H,2,3,4,5)/q+1;/p-1. The van der Waals surface area contributed by atoms with E-state index in [1.165, 1.54) is 11.4 Å². The van der Waals surface area contributed by atoms with Gasteiger partial charge in [-0.2, -0.15) is 0 Å². The second-order valence-corrected chi connectivity index (χ2v) is 4.35. The summed E-state index contributed by atoms with van der Waals surface area (Å²) in [5.41, 5.74) is 2.55. The second kappa shape index (κ2) is 7.59. The van der Waals surface area contributed by atoms with Gasteiger partial charge in [-0.3, -0.25) is 0 Å². The highest BCUT2D eigenvalue weighted by Gasteiger charge is 1.97. The van der Waals surface area contributed by atoms with E-state index in [1.807, 2.05) is 0 Å². The van der Waals surface area contributed by atoms with E-state index in [1.54, 1.807) is 0 Å². The summed E-state index contributed by atoms with van der Waals surface area (Å²) in [6.07, 6.45) is 2.17.